The predicted octanol–water partition coefficient (Wildman–Crippen LogP) is 4.39. The molecule has 0 aromatic heterocycles. The minimum atomic E-state index is -0.359. The van der Waals surface area contributed by atoms with Crippen molar-refractivity contribution in [3.8, 4) is 5.75 Å². The fraction of sp³-hybridized carbons (Fsp3) is 0.250. The van der Waals surface area contributed by atoms with Crippen molar-refractivity contribution in [3.63, 3.8) is 0 Å². The van der Waals surface area contributed by atoms with E-state index in [1.54, 1.807) is 12.1 Å². The van der Waals surface area contributed by atoms with Crippen molar-refractivity contribution in [2.45, 2.75) is 26.5 Å². The topological polar surface area (TPSA) is 35.2 Å². The van der Waals surface area contributed by atoms with Gasteiger partial charge >= 0.3 is 0 Å². The molecule has 0 unspecified atom stereocenters. The van der Waals surface area contributed by atoms with Crippen LogP contribution in [0.1, 0.15) is 29.7 Å². The molecule has 106 valence electrons. The Balaban J connectivity index is 2.15. The van der Waals surface area contributed by atoms with Crippen LogP contribution in [0.4, 0.5) is 4.39 Å². The number of ether oxygens (including phenoxy) is 1. The Kier molecular flexibility index (Phi) is 4.63. The van der Waals surface area contributed by atoms with E-state index < -0.39 is 0 Å². The maximum absolute atomic E-state index is 13.6. The number of aryl methyl sites for hydroxylation is 1. The van der Waals surface area contributed by atoms with E-state index in [-0.39, 0.29) is 18.5 Å². The van der Waals surface area contributed by atoms with Crippen LogP contribution in [0, 0.1) is 12.7 Å². The average molecular weight is 294 g/mol. The minimum Gasteiger partial charge on any atom is -0.488 e. The molecular formula is C16H17ClFNO. The molecule has 20 heavy (non-hydrogen) atoms. The highest BCUT2D eigenvalue weighted by atomic mass is 35.5. The predicted molar refractivity (Wildman–Crippen MR) is 79.5 cm³/mol. The zero-order valence-corrected chi connectivity index (χ0v) is 12.2. The zero-order valence-electron chi connectivity index (χ0n) is 11.5. The summed E-state index contributed by atoms with van der Waals surface area (Å²) >= 11 is 5.97. The summed E-state index contributed by atoms with van der Waals surface area (Å²) in [5.74, 6) is 0.344. The van der Waals surface area contributed by atoms with Gasteiger partial charge < -0.3 is 10.5 Å². The lowest BCUT2D eigenvalue weighted by Gasteiger charge is -2.13. The number of rotatable bonds is 4. The van der Waals surface area contributed by atoms with Crippen LogP contribution in [0.25, 0.3) is 0 Å². The molecule has 0 saturated heterocycles. The van der Waals surface area contributed by atoms with Gasteiger partial charge in [0.25, 0.3) is 0 Å². The Labute approximate surface area is 123 Å². The zero-order chi connectivity index (χ0) is 14.7. The van der Waals surface area contributed by atoms with Crippen LogP contribution in [-0.4, -0.2) is 0 Å². The lowest BCUT2D eigenvalue weighted by atomic mass is 10.1. The number of hydrogen-bond donors (Lipinski definition) is 1. The van der Waals surface area contributed by atoms with Crippen molar-refractivity contribution in [2.75, 3.05) is 0 Å². The van der Waals surface area contributed by atoms with Crippen molar-refractivity contribution >= 4 is 11.6 Å². The summed E-state index contributed by atoms with van der Waals surface area (Å²) in [4.78, 5) is 0. The largest absolute Gasteiger partial charge is 0.488 e. The van der Waals surface area contributed by atoms with Crippen LogP contribution in [0.3, 0.4) is 0 Å². The van der Waals surface area contributed by atoms with Gasteiger partial charge in [0, 0.05) is 11.6 Å². The monoisotopic (exact) mass is 293 g/mol. The molecule has 0 aliphatic carbocycles. The van der Waals surface area contributed by atoms with Crippen LogP contribution in [0.5, 0.6) is 5.75 Å². The van der Waals surface area contributed by atoms with Crippen LogP contribution in [-0.2, 0) is 6.61 Å². The van der Waals surface area contributed by atoms with E-state index in [1.165, 1.54) is 6.07 Å². The third-order valence-corrected chi connectivity index (χ3v) is 3.51. The third-order valence-electron chi connectivity index (χ3n) is 3.16. The standard InChI is InChI=1S/C16H17ClFNO/c1-10-8-12(11(2)19)6-7-16(10)20-9-13-14(17)4-3-5-15(13)18/h3-8,11H,9,19H2,1-2H3/t11-/m0/s1. The Bertz CT molecular complexity index is 593. The average Bonchev–Trinajstić information content (AvgIpc) is 2.39. The molecule has 0 spiro atoms. The van der Waals surface area contributed by atoms with Crippen molar-refractivity contribution in [1.29, 1.82) is 0 Å². The SMILES string of the molecule is Cc1cc([C@H](C)N)ccc1OCc1c(F)cccc1Cl. The molecule has 0 fully saturated rings. The molecule has 0 bridgehead atoms. The van der Waals surface area contributed by atoms with Gasteiger partial charge in [-0.2, -0.15) is 0 Å². The Morgan fingerprint density at radius 1 is 1.30 bits per heavy atom. The van der Waals surface area contributed by atoms with Crippen LogP contribution in [0.2, 0.25) is 5.02 Å². The molecule has 1 atom stereocenters. The normalized spacial score (nSPS) is 12.2. The first-order valence-corrected chi connectivity index (χ1v) is 6.78. The third kappa shape index (κ3) is 3.30. The van der Waals surface area contributed by atoms with Crippen LogP contribution < -0.4 is 10.5 Å². The lowest BCUT2D eigenvalue weighted by Crippen LogP contribution is -2.06. The van der Waals surface area contributed by atoms with Crippen molar-refractivity contribution in [2.24, 2.45) is 5.73 Å². The summed E-state index contributed by atoms with van der Waals surface area (Å²) < 4.78 is 19.3. The van der Waals surface area contributed by atoms with E-state index in [0.29, 0.717) is 16.3 Å². The number of hydrogen-bond acceptors (Lipinski definition) is 2. The number of halogens is 2. The number of nitrogens with two attached hydrogens (primary N) is 1. The quantitative estimate of drug-likeness (QED) is 0.907. The van der Waals surface area contributed by atoms with Crippen molar-refractivity contribution in [3.05, 3.63) is 63.9 Å². The van der Waals surface area contributed by atoms with Crippen LogP contribution >= 0.6 is 11.6 Å². The highest BCUT2D eigenvalue weighted by Gasteiger charge is 2.09. The molecule has 2 N–H and O–H groups in total. The van der Waals surface area contributed by atoms with Crippen LogP contribution in [0.15, 0.2) is 36.4 Å². The summed E-state index contributed by atoms with van der Waals surface area (Å²) in [6, 6.07) is 10.3. The molecule has 0 radical (unpaired) electrons. The number of benzene rings is 2. The smallest absolute Gasteiger partial charge is 0.131 e. The molecule has 0 aliphatic rings. The van der Waals surface area contributed by atoms with Gasteiger partial charge in [-0.05, 0) is 43.2 Å². The molecule has 0 saturated carbocycles. The Hall–Kier alpha value is -1.58. The van der Waals surface area contributed by atoms with Gasteiger partial charge in [-0.15, -0.1) is 0 Å². The van der Waals surface area contributed by atoms with Crippen molar-refractivity contribution < 1.29 is 9.13 Å². The fourth-order valence-corrected chi connectivity index (χ4v) is 2.16. The molecule has 2 aromatic carbocycles. The molecule has 0 amide bonds. The highest BCUT2D eigenvalue weighted by Crippen LogP contribution is 2.25. The first kappa shape index (κ1) is 14.8. The van der Waals surface area contributed by atoms with Gasteiger partial charge in [0.05, 0.1) is 5.02 Å². The lowest BCUT2D eigenvalue weighted by molar-refractivity contribution is 0.298. The Morgan fingerprint density at radius 2 is 2.05 bits per heavy atom. The van der Waals surface area contributed by atoms with Gasteiger partial charge in [0.1, 0.15) is 18.2 Å². The highest BCUT2D eigenvalue weighted by molar-refractivity contribution is 6.31. The second-order valence-electron chi connectivity index (χ2n) is 4.80. The Morgan fingerprint density at radius 3 is 2.65 bits per heavy atom. The second kappa shape index (κ2) is 6.25. The first-order valence-electron chi connectivity index (χ1n) is 6.41. The summed E-state index contributed by atoms with van der Waals surface area (Å²) in [7, 11) is 0. The summed E-state index contributed by atoms with van der Waals surface area (Å²) in [5, 5.41) is 0.370. The molecule has 2 aromatic rings. The second-order valence-corrected chi connectivity index (χ2v) is 5.21. The minimum absolute atomic E-state index is 0.0243. The van der Waals surface area contributed by atoms with Gasteiger partial charge in [0.15, 0.2) is 0 Å². The molecule has 0 heterocycles. The molecule has 2 nitrogen and oxygen atoms in total. The molecular weight excluding hydrogens is 277 g/mol. The summed E-state index contributed by atoms with van der Waals surface area (Å²) in [6.07, 6.45) is 0. The molecule has 4 heteroatoms. The first-order chi connectivity index (χ1) is 9.49. The molecule has 2 rings (SSSR count). The van der Waals surface area contributed by atoms with E-state index in [9.17, 15) is 4.39 Å². The maximum atomic E-state index is 13.6. The summed E-state index contributed by atoms with van der Waals surface area (Å²) in [6.45, 7) is 3.96. The van der Waals surface area contributed by atoms with E-state index >= 15 is 0 Å². The van der Waals surface area contributed by atoms with E-state index in [4.69, 9.17) is 22.1 Å². The van der Waals surface area contributed by atoms with E-state index in [2.05, 4.69) is 0 Å². The maximum Gasteiger partial charge on any atom is 0.131 e. The summed E-state index contributed by atoms with van der Waals surface area (Å²) in [5.41, 5.74) is 8.20. The van der Waals surface area contributed by atoms with Crippen molar-refractivity contribution in [1.82, 2.24) is 0 Å². The van der Waals surface area contributed by atoms with E-state index in [0.717, 1.165) is 11.1 Å². The van der Waals surface area contributed by atoms with Gasteiger partial charge in [-0.1, -0.05) is 29.8 Å². The van der Waals surface area contributed by atoms with E-state index in [1.807, 2.05) is 32.0 Å². The molecule has 0 aliphatic heterocycles. The van der Waals surface area contributed by atoms with Gasteiger partial charge in [-0.3, -0.25) is 0 Å². The fourth-order valence-electron chi connectivity index (χ4n) is 1.94. The van der Waals surface area contributed by atoms with Gasteiger partial charge in [0.2, 0.25) is 0 Å². The van der Waals surface area contributed by atoms with Gasteiger partial charge in [-0.25, -0.2) is 4.39 Å².